The SMILES string of the molecule is CONC(=O)C=Cc1c[c]ccc1. The summed E-state index contributed by atoms with van der Waals surface area (Å²) in [6, 6.07) is 10.2. The molecule has 0 unspecified atom stereocenters. The zero-order valence-electron chi connectivity index (χ0n) is 7.28. The van der Waals surface area contributed by atoms with Gasteiger partial charge in [-0.05, 0) is 23.8 Å². The minimum Gasteiger partial charge on any atom is -0.277 e. The van der Waals surface area contributed by atoms with E-state index in [0.717, 1.165) is 5.56 Å². The molecule has 13 heavy (non-hydrogen) atoms. The highest BCUT2D eigenvalue weighted by atomic mass is 16.6. The van der Waals surface area contributed by atoms with Crippen molar-refractivity contribution in [3.05, 3.63) is 42.0 Å². The van der Waals surface area contributed by atoms with Crippen LogP contribution in [0, 0.1) is 6.07 Å². The lowest BCUT2D eigenvalue weighted by molar-refractivity contribution is -0.126. The summed E-state index contributed by atoms with van der Waals surface area (Å²) in [4.78, 5) is 15.3. The predicted molar refractivity (Wildman–Crippen MR) is 49.5 cm³/mol. The van der Waals surface area contributed by atoms with Crippen molar-refractivity contribution in [3.8, 4) is 0 Å². The second-order valence-electron chi connectivity index (χ2n) is 2.34. The average Bonchev–Trinajstić information content (AvgIpc) is 2.17. The number of benzene rings is 1. The highest BCUT2D eigenvalue weighted by Crippen LogP contribution is 1.99. The van der Waals surface area contributed by atoms with Gasteiger partial charge in [-0.1, -0.05) is 18.2 Å². The topological polar surface area (TPSA) is 38.3 Å². The molecule has 0 aromatic heterocycles. The maximum atomic E-state index is 10.9. The molecular formula is C10H10NO2. The Hall–Kier alpha value is -1.61. The fourth-order valence-corrected chi connectivity index (χ4v) is 0.817. The van der Waals surface area contributed by atoms with Crippen molar-refractivity contribution in [1.82, 2.24) is 5.48 Å². The van der Waals surface area contributed by atoms with Gasteiger partial charge in [0.2, 0.25) is 0 Å². The van der Waals surface area contributed by atoms with Gasteiger partial charge in [0.05, 0.1) is 7.11 Å². The molecule has 3 heteroatoms. The Morgan fingerprint density at radius 1 is 1.69 bits per heavy atom. The van der Waals surface area contributed by atoms with E-state index in [1.807, 2.05) is 12.1 Å². The van der Waals surface area contributed by atoms with Crippen molar-refractivity contribution < 1.29 is 9.63 Å². The van der Waals surface area contributed by atoms with Crippen LogP contribution in [0.3, 0.4) is 0 Å². The van der Waals surface area contributed by atoms with E-state index in [4.69, 9.17) is 0 Å². The highest BCUT2D eigenvalue weighted by molar-refractivity contribution is 5.90. The fourth-order valence-electron chi connectivity index (χ4n) is 0.817. The Morgan fingerprint density at radius 2 is 2.54 bits per heavy atom. The molecule has 1 rings (SSSR count). The van der Waals surface area contributed by atoms with E-state index in [0.29, 0.717) is 0 Å². The van der Waals surface area contributed by atoms with Crippen molar-refractivity contribution >= 4 is 12.0 Å². The van der Waals surface area contributed by atoms with Crippen molar-refractivity contribution in [1.29, 1.82) is 0 Å². The van der Waals surface area contributed by atoms with Crippen molar-refractivity contribution in [2.75, 3.05) is 7.11 Å². The summed E-state index contributed by atoms with van der Waals surface area (Å²) < 4.78 is 0. The van der Waals surface area contributed by atoms with Crippen LogP contribution in [0.5, 0.6) is 0 Å². The number of carbonyl (C=O) groups excluding carboxylic acids is 1. The van der Waals surface area contributed by atoms with Gasteiger partial charge in [-0.2, -0.15) is 0 Å². The third-order valence-electron chi connectivity index (χ3n) is 1.36. The molecule has 1 N–H and O–H groups in total. The zero-order valence-corrected chi connectivity index (χ0v) is 7.28. The summed E-state index contributed by atoms with van der Waals surface area (Å²) in [5.74, 6) is -0.286. The molecule has 1 aromatic carbocycles. The maximum Gasteiger partial charge on any atom is 0.267 e. The molecule has 0 aliphatic rings. The number of hydrogen-bond donors (Lipinski definition) is 1. The van der Waals surface area contributed by atoms with E-state index < -0.39 is 0 Å². The maximum absolute atomic E-state index is 10.9. The van der Waals surface area contributed by atoms with Crippen molar-refractivity contribution in [2.24, 2.45) is 0 Å². The number of amides is 1. The molecular weight excluding hydrogens is 166 g/mol. The first-order valence-corrected chi connectivity index (χ1v) is 3.80. The summed E-state index contributed by atoms with van der Waals surface area (Å²) in [6.07, 6.45) is 3.08. The lowest BCUT2D eigenvalue weighted by atomic mass is 10.2. The molecule has 67 valence electrons. The first-order valence-electron chi connectivity index (χ1n) is 3.80. The summed E-state index contributed by atoms with van der Waals surface area (Å²) in [7, 11) is 1.39. The molecule has 0 fully saturated rings. The molecule has 1 aromatic rings. The molecule has 0 heterocycles. The average molecular weight is 176 g/mol. The molecule has 3 nitrogen and oxygen atoms in total. The molecule has 1 amide bonds. The van der Waals surface area contributed by atoms with Gasteiger partial charge >= 0.3 is 0 Å². The second kappa shape index (κ2) is 5.11. The van der Waals surface area contributed by atoms with Crippen LogP contribution in [0.15, 0.2) is 30.3 Å². The predicted octanol–water partition coefficient (Wildman–Crippen LogP) is 1.18. The Kier molecular flexibility index (Phi) is 3.73. The first kappa shape index (κ1) is 9.48. The van der Waals surface area contributed by atoms with E-state index in [9.17, 15) is 4.79 Å². The lowest BCUT2D eigenvalue weighted by Gasteiger charge is -1.94. The monoisotopic (exact) mass is 176 g/mol. The van der Waals surface area contributed by atoms with Crippen molar-refractivity contribution in [2.45, 2.75) is 0 Å². The largest absolute Gasteiger partial charge is 0.277 e. The molecule has 0 aliphatic heterocycles. The van der Waals surface area contributed by atoms with Gasteiger partial charge in [-0.3, -0.25) is 9.63 Å². The quantitative estimate of drug-likeness (QED) is 0.554. The second-order valence-corrected chi connectivity index (χ2v) is 2.34. The smallest absolute Gasteiger partial charge is 0.267 e. The number of hydroxylamine groups is 1. The molecule has 0 saturated heterocycles. The van der Waals surface area contributed by atoms with E-state index in [1.165, 1.54) is 13.2 Å². The van der Waals surface area contributed by atoms with Crippen LogP contribution in [0.4, 0.5) is 0 Å². The molecule has 0 bridgehead atoms. The number of hydrogen-bond acceptors (Lipinski definition) is 2. The summed E-state index contributed by atoms with van der Waals surface area (Å²) in [5, 5.41) is 0. The normalized spacial score (nSPS) is 10.2. The highest BCUT2D eigenvalue weighted by Gasteiger charge is 1.90. The van der Waals surface area contributed by atoms with Gasteiger partial charge in [0.15, 0.2) is 0 Å². The Bertz CT molecular complexity index is 293. The molecule has 0 spiro atoms. The van der Waals surface area contributed by atoms with E-state index in [1.54, 1.807) is 18.2 Å². The zero-order chi connectivity index (χ0) is 9.52. The van der Waals surface area contributed by atoms with Crippen LogP contribution >= 0.6 is 0 Å². The van der Waals surface area contributed by atoms with Gasteiger partial charge < -0.3 is 0 Å². The molecule has 0 saturated carbocycles. The van der Waals surface area contributed by atoms with Crippen LogP contribution < -0.4 is 5.48 Å². The number of carbonyl (C=O) groups is 1. The van der Waals surface area contributed by atoms with Gasteiger partial charge in [0, 0.05) is 6.08 Å². The molecule has 1 radical (unpaired) electrons. The summed E-state index contributed by atoms with van der Waals surface area (Å²) >= 11 is 0. The minimum absolute atomic E-state index is 0.286. The Balaban J connectivity index is 2.54. The third kappa shape index (κ3) is 3.53. The third-order valence-corrected chi connectivity index (χ3v) is 1.36. The van der Waals surface area contributed by atoms with Crippen molar-refractivity contribution in [3.63, 3.8) is 0 Å². The Labute approximate surface area is 77.0 Å². The minimum atomic E-state index is -0.286. The number of rotatable bonds is 3. The van der Waals surface area contributed by atoms with E-state index >= 15 is 0 Å². The molecule has 0 atom stereocenters. The van der Waals surface area contributed by atoms with Crippen LogP contribution in [0.2, 0.25) is 0 Å². The van der Waals surface area contributed by atoms with Crippen LogP contribution in [-0.2, 0) is 9.63 Å². The van der Waals surface area contributed by atoms with Gasteiger partial charge in [0.1, 0.15) is 0 Å². The van der Waals surface area contributed by atoms with Gasteiger partial charge in [-0.25, -0.2) is 5.48 Å². The standard InChI is InChI=1S/C10H10NO2/c1-13-11-10(12)8-7-9-5-3-2-4-6-9/h2-3,5-8H,1H3,(H,11,12). The van der Waals surface area contributed by atoms with Crippen LogP contribution in [0.1, 0.15) is 5.56 Å². The van der Waals surface area contributed by atoms with Crippen LogP contribution in [-0.4, -0.2) is 13.0 Å². The summed E-state index contributed by atoms with van der Waals surface area (Å²) in [6.45, 7) is 0. The molecule has 0 aliphatic carbocycles. The lowest BCUT2D eigenvalue weighted by Crippen LogP contribution is -2.18. The van der Waals surface area contributed by atoms with Crippen LogP contribution in [0.25, 0.3) is 6.08 Å². The van der Waals surface area contributed by atoms with E-state index in [-0.39, 0.29) is 5.91 Å². The summed E-state index contributed by atoms with van der Waals surface area (Å²) in [5.41, 5.74) is 3.10. The Morgan fingerprint density at radius 3 is 3.15 bits per heavy atom. The van der Waals surface area contributed by atoms with Gasteiger partial charge in [-0.15, -0.1) is 0 Å². The van der Waals surface area contributed by atoms with Gasteiger partial charge in [0.25, 0.3) is 5.91 Å². The number of nitrogens with one attached hydrogen (secondary N) is 1. The first-order chi connectivity index (χ1) is 6.33. The van der Waals surface area contributed by atoms with E-state index in [2.05, 4.69) is 16.4 Å². The fraction of sp³-hybridized carbons (Fsp3) is 0.100.